The fourth-order valence-electron chi connectivity index (χ4n) is 3.96. The first-order chi connectivity index (χ1) is 14.2. The number of hydrogen-bond donors (Lipinski definition) is 4. The number of hydrogen-bond acceptors (Lipinski definition) is 5. The van der Waals surface area contributed by atoms with E-state index in [1.807, 2.05) is 0 Å². The summed E-state index contributed by atoms with van der Waals surface area (Å²) in [6, 6.07) is 10.5. The van der Waals surface area contributed by atoms with Crippen molar-refractivity contribution in [2.45, 2.75) is 24.9 Å². The molecule has 0 radical (unpaired) electrons. The van der Waals surface area contributed by atoms with E-state index in [4.69, 9.17) is 23.1 Å². The maximum absolute atomic E-state index is 13.3. The number of ketones is 1. The molecule has 1 aliphatic carbocycles. The highest BCUT2D eigenvalue weighted by Crippen LogP contribution is 2.39. The summed E-state index contributed by atoms with van der Waals surface area (Å²) in [7, 11) is 0. The molecule has 6 N–H and O–H groups in total. The summed E-state index contributed by atoms with van der Waals surface area (Å²) in [5.41, 5.74) is 12.9. The number of nitrogen functional groups attached to an aromatic ring is 2. The van der Waals surface area contributed by atoms with E-state index in [1.165, 1.54) is 18.3 Å². The number of aryl methyl sites for hydroxylation is 1. The predicted octanol–water partition coefficient (Wildman–Crippen LogP) is 2.78. The highest BCUT2D eigenvalue weighted by Gasteiger charge is 2.51. The monoisotopic (exact) mass is 428 g/mol. The van der Waals surface area contributed by atoms with Crippen molar-refractivity contribution >= 4 is 28.8 Å². The van der Waals surface area contributed by atoms with E-state index in [0.717, 1.165) is 10.8 Å². The first kappa shape index (κ1) is 20.1. The quantitative estimate of drug-likeness (QED) is 0.290. The number of Topliss-reactive ketones (excluding diaryl/α,β-unsaturated/α-hetero) is 1. The standard InChI is InChI=1S/C22H20ClFN3O3/c23-15-2-4-18(25)17(9-15)14-7-13-5-6-22(29,21(13)27(30)11-14)20(28)8-12-1-3-16(24)10-19(12)26/h1-4,7,9-11,29-30H,5-6,8,25-26H2/q+1. The molecule has 0 bridgehead atoms. The molecule has 1 heterocycles. The van der Waals surface area contributed by atoms with Gasteiger partial charge in [-0.3, -0.25) is 10.0 Å². The van der Waals surface area contributed by atoms with E-state index in [0.29, 0.717) is 39.4 Å². The maximum atomic E-state index is 13.3. The molecule has 6 nitrogen and oxygen atoms in total. The fraction of sp³-hybridized carbons (Fsp3) is 0.182. The molecule has 4 rings (SSSR count). The van der Waals surface area contributed by atoms with Crippen molar-refractivity contribution in [3.8, 4) is 11.1 Å². The van der Waals surface area contributed by atoms with Crippen LogP contribution in [0.3, 0.4) is 0 Å². The summed E-state index contributed by atoms with van der Waals surface area (Å²) < 4.78 is 14.0. The smallest absolute Gasteiger partial charge is 0.276 e. The van der Waals surface area contributed by atoms with Crippen LogP contribution >= 0.6 is 11.6 Å². The minimum absolute atomic E-state index is 0.108. The van der Waals surface area contributed by atoms with Crippen LogP contribution in [0.25, 0.3) is 11.1 Å². The lowest BCUT2D eigenvalue weighted by atomic mass is 9.90. The Kier molecular flexibility index (Phi) is 4.88. The van der Waals surface area contributed by atoms with Crippen LogP contribution in [-0.2, 0) is 23.2 Å². The summed E-state index contributed by atoms with van der Waals surface area (Å²) >= 11 is 6.07. The molecule has 154 valence electrons. The molecule has 0 spiro atoms. The van der Waals surface area contributed by atoms with Gasteiger partial charge in [-0.15, -0.1) is 0 Å². The van der Waals surface area contributed by atoms with E-state index in [2.05, 4.69) is 0 Å². The fourth-order valence-corrected chi connectivity index (χ4v) is 4.13. The number of aromatic nitrogens is 1. The van der Waals surface area contributed by atoms with Gasteiger partial charge in [0, 0.05) is 38.7 Å². The molecule has 0 fully saturated rings. The normalized spacial score (nSPS) is 17.7. The molecule has 30 heavy (non-hydrogen) atoms. The van der Waals surface area contributed by atoms with Gasteiger partial charge in [-0.05, 0) is 54.8 Å². The number of nitrogens with two attached hydrogens (primary N) is 2. The maximum Gasteiger partial charge on any atom is 0.276 e. The second-order valence-electron chi connectivity index (χ2n) is 7.48. The van der Waals surface area contributed by atoms with Crippen molar-refractivity contribution in [2.24, 2.45) is 0 Å². The van der Waals surface area contributed by atoms with Gasteiger partial charge in [0.1, 0.15) is 5.82 Å². The third kappa shape index (κ3) is 3.36. The Balaban J connectivity index is 1.71. The van der Waals surface area contributed by atoms with Gasteiger partial charge in [0.05, 0.1) is 5.56 Å². The highest BCUT2D eigenvalue weighted by atomic mass is 35.5. The summed E-state index contributed by atoms with van der Waals surface area (Å²) in [5, 5.41) is 22.3. The van der Waals surface area contributed by atoms with Crippen molar-refractivity contribution in [3.63, 3.8) is 0 Å². The zero-order chi connectivity index (χ0) is 21.6. The van der Waals surface area contributed by atoms with Crippen LogP contribution in [0.5, 0.6) is 0 Å². The van der Waals surface area contributed by atoms with Gasteiger partial charge in [-0.1, -0.05) is 17.7 Å². The molecular formula is C22H20ClFN3O3+. The van der Waals surface area contributed by atoms with Crippen LogP contribution < -0.4 is 16.2 Å². The third-order valence-corrected chi connectivity index (χ3v) is 5.75. The average Bonchev–Trinajstić information content (AvgIpc) is 3.04. The summed E-state index contributed by atoms with van der Waals surface area (Å²) in [6.07, 6.45) is 1.68. The summed E-state index contributed by atoms with van der Waals surface area (Å²) in [4.78, 5) is 13.0. The van der Waals surface area contributed by atoms with Gasteiger partial charge < -0.3 is 16.6 Å². The first-order valence-electron chi connectivity index (χ1n) is 9.32. The summed E-state index contributed by atoms with van der Waals surface area (Å²) in [5.74, 6) is -1.04. The van der Waals surface area contributed by atoms with Crippen molar-refractivity contribution in [1.29, 1.82) is 0 Å². The van der Waals surface area contributed by atoms with Crippen molar-refractivity contribution in [1.82, 2.24) is 0 Å². The summed E-state index contributed by atoms with van der Waals surface area (Å²) in [6.45, 7) is 0. The number of anilines is 2. The van der Waals surface area contributed by atoms with Crippen molar-refractivity contribution < 1.29 is 24.2 Å². The first-order valence-corrected chi connectivity index (χ1v) is 9.70. The van der Waals surface area contributed by atoms with Gasteiger partial charge in [0.2, 0.25) is 11.8 Å². The Labute approximate surface area is 177 Å². The van der Waals surface area contributed by atoms with Crippen LogP contribution in [-0.4, -0.2) is 16.1 Å². The molecular weight excluding hydrogens is 409 g/mol. The van der Waals surface area contributed by atoms with Gasteiger partial charge in [0.25, 0.3) is 5.69 Å². The molecule has 1 atom stereocenters. The zero-order valence-corrected chi connectivity index (χ0v) is 16.7. The predicted molar refractivity (Wildman–Crippen MR) is 110 cm³/mol. The molecule has 0 saturated carbocycles. The Bertz CT molecular complexity index is 1180. The van der Waals surface area contributed by atoms with E-state index in [-0.39, 0.29) is 24.2 Å². The molecule has 0 aliphatic heterocycles. The molecule has 2 aromatic carbocycles. The minimum Gasteiger partial charge on any atom is -0.398 e. The molecule has 1 aliphatic rings. The number of aliphatic hydroxyl groups is 1. The van der Waals surface area contributed by atoms with Gasteiger partial charge in [0.15, 0.2) is 5.78 Å². The van der Waals surface area contributed by atoms with E-state index in [9.17, 15) is 19.5 Å². The lowest BCUT2D eigenvalue weighted by molar-refractivity contribution is -0.911. The Morgan fingerprint density at radius 1 is 1.17 bits per heavy atom. The SMILES string of the molecule is Nc1cc(F)ccc1CC(=O)C1(O)CCc2cc(-c3cc(Cl)ccc3N)c[n+](O)c21. The van der Waals surface area contributed by atoms with E-state index < -0.39 is 17.2 Å². The number of halogens is 2. The number of benzene rings is 2. The van der Waals surface area contributed by atoms with Crippen LogP contribution in [0.4, 0.5) is 15.8 Å². The Hall–Kier alpha value is -3.16. The minimum atomic E-state index is -1.89. The van der Waals surface area contributed by atoms with E-state index >= 15 is 0 Å². The van der Waals surface area contributed by atoms with Gasteiger partial charge in [-0.2, -0.15) is 0 Å². The molecule has 3 aromatic rings. The van der Waals surface area contributed by atoms with Crippen LogP contribution in [0, 0.1) is 5.82 Å². The zero-order valence-electron chi connectivity index (χ0n) is 15.9. The third-order valence-electron chi connectivity index (χ3n) is 5.52. The second kappa shape index (κ2) is 7.27. The van der Waals surface area contributed by atoms with Crippen molar-refractivity contribution in [3.05, 3.63) is 76.3 Å². The van der Waals surface area contributed by atoms with Crippen LogP contribution in [0.1, 0.15) is 23.2 Å². The molecule has 8 heteroatoms. The lowest BCUT2D eigenvalue weighted by Crippen LogP contribution is -2.47. The number of carbonyl (C=O) groups excluding carboxylic acids is 1. The van der Waals surface area contributed by atoms with Crippen LogP contribution in [0.2, 0.25) is 5.02 Å². The number of pyridine rings is 1. The Morgan fingerprint density at radius 2 is 1.93 bits per heavy atom. The van der Waals surface area contributed by atoms with E-state index in [1.54, 1.807) is 24.3 Å². The topological polar surface area (TPSA) is 113 Å². The van der Waals surface area contributed by atoms with Gasteiger partial charge >= 0.3 is 0 Å². The highest BCUT2D eigenvalue weighted by molar-refractivity contribution is 6.31. The largest absolute Gasteiger partial charge is 0.398 e. The number of nitrogens with zero attached hydrogens (tertiary/aromatic N) is 1. The van der Waals surface area contributed by atoms with Crippen LogP contribution in [0.15, 0.2) is 48.7 Å². The van der Waals surface area contributed by atoms with Crippen molar-refractivity contribution in [2.75, 3.05) is 11.5 Å². The Morgan fingerprint density at radius 3 is 2.67 bits per heavy atom. The average molecular weight is 429 g/mol. The number of rotatable bonds is 4. The van der Waals surface area contributed by atoms with Gasteiger partial charge in [-0.25, -0.2) is 4.39 Å². The molecule has 1 aromatic heterocycles. The molecule has 1 unspecified atom stereocenters. The molecule has 0 saturated heterocycles. The number of fused-ring (bicyclic) bond motifs is 1. The number of carbonyl (C=O) groups is 1. The lowest BCUT2D eigenvalue weighted by Gasteiger charge is -2.19. The second-order valence-corrected chi connectivity index (χ2v) is 7.92. The molecule has 0 amide bonds.